The van der Waals surface area contributed by atoms with Gasteiger partial charge in [-0.25, -0.2) is 9.78 Å². The molecule has 0 spiro atoms. The number of hydrogen-bond acceptors (Lipinski definition) is 22. The largest absolute Gasteiger partial charge is 0.460 e. The molecule has 2 rings (SSSR count). The van der Waals surface area contributed by atoms with E-state index in [0.717, 1.165) is 18.2 Å². The van der Waals surface area contributed by atoms with Crippen molar-refractivity contribution in [2.45, 2.75) is 13.5 Å². The molecule has 0 amide bonds. The highest BCUT2D eigenvalue weighted by atomic mass is 35.5. The molecule has 0 fully saturated rings. The summed E-state index contributed by atoms with van der Waals surface area (Å²) in [5.74, 6) is 0.583. The van der Waals surface area contributed by atoms with Gasteiger partial charge in [0, 0.05) is 59.3 Å². The number of ether oxygens (including phenoxy) is 15. The van der Waals surface area contributed by atoms with E-state index in [1.54, 1.807) is 53.1 Å². The standard InChI is InChI=1S/C16H30N2O6.C13H27ClO6.C9H12O4S.C6H10O3.C3H8O2/c1-19-6-7-21-10-11-23-14-15-24-13-12-22-9-8-20-5-4-18-3-2-17-16-18;1-15-4-5-17-8-9-19-12-13-20-11-10-18-7-6-16-3-2-14;1-8-2-4-9(5-3-8)13-14(11)12-7-6-10;1-3-6(7)9-5-4-8-2;1-5-3-2-4/h2-3,16H,4-15H2,1H3;2-13H2,1H3;2-5,10H,6-7H2,1H3;3H,1,4-5H2,2H3;4H,2-3H2,1H3. The number of benzene rings is 1. The number of carbonyl (C=O) groups is 1. The molecule has 424 valence electrons. The summed E-state index contributed by atoms with van der Waals surface area (Å²) in [6, 6.07) is 7.10. The molecule has 0 aliphatic rings. The van der Waals surface area contributed by atoms with Gasteiger partial charge in [0.05, 0.1) is 185 Å². The van der Waals surface area contributed by atoms with E-state index in [-0.39, 0.29) is 19.8 Å². The Labute approximate surface area is 435 Å². The summed E-state index contributed by atoms with van der Waals surface area (Å²) < 4.78 is 99.1. The van der Waals surface area contributed by atoms with Crippen molar-refractivity contribution >= 4 is 28.9 Å². The number of aliphatic hydroxyl groups is 2. The summed E-state index contributed by atoms with van der Waals surface area (Å²) in [5, 5.41) is 16.3. The van der Waals surface area contributed by atoms with Gasteiger partial charge in [-0.05, 0) is 19.1 Å². The fourth-order valence-corrected chi connectivity index (χ4v) is 4.71. The van der Waals surface area contributed by atoms with Gasteiger partial charge in [0.2, 0.25) is 0 Å². The molecule has 2 aromatic rings. The quantitative estimate of drug-likeness (QED) is 0.0418. The lowest BCUT2D eigenvalue weighted by atomic mass is 10.2. The first kappa shape index (κ1) is 73.4. The average Bonchev–Trinajstić information content (AvgIpc) is 3.92. The average molecular weight is 1080 g/mol. The van der Waals surface area contributed by atoms with Crippen LogP contribution in [0.2, 0.25) is 0 Å². The molecule has 0 saturated heterocycles. The van der Waals surface area contributed by atoms with Crippen LogP contribution in [0.3, 0.4) is 0 Å². The zero-order valence-corrected chi connectivity index (χ0v) is 44.9. The molecular formula is C47H87ClN2O21S. The zero-order chi connectivity index (χ0) is 53.5. The molecule has 1 aromatic carbocycles. The molecule has 25 heteroatoms. The number of halogens is 1. The molecule has 23 nitrogen and oxygen atoms in total. The topological polar surface area (TPSA) is 249 Å². The van der Waals surface area contributed by atoms with Gasteiger partial charge in [-0.2, -0.15) is 4.21 Å². The number of nitrogens with zero attached hydrogens (tertiary/aromatic N) is 2. The predicted molar refractivity (Wildman–Crippen MR) is 270 cm³/mol. The highest BCUT2D eigenvalue weighted by molar-refractivity contribution is 7.75. The number of rotatable bonds is 46. The van der Waals surface area contributed by atoms with Crippen LogP contribution in [0.25, 0.3) is 0 Å². The lowest BCUT2D eigenvalue weighted by Crippen LogP contribution is -2.14. The Morgan fingerprint density at radius 2 is 0.944 bits per heavy atom. The zero-order valence-electron chi connectivity index (χ0n) is 43.4. The SMILES string of the molecule is C=CC(=O)OCCOC.COCCO.COCCOCCOCCOCCOCCOCCCl.COCCOCCOCCOCCOCCOCCn1ccnc1.Cc1ccc(OS(=O)OCCO)cc1. The minimum atomic E-state index is -1.84. The summed E-state index contributed by atoms with van der Waals surface area (Å²) in [6.45, 7) is 19.8. The van der Waals surface area contributed by atoms with E-state index in [0.29, 0.717) is 177 Å². The maximum atomic E-state index is 11.0. The summed E-state index contributed by atoms with van der Waals surface area (Å²) in [6.07, 6.45) is 6.56. The van der Waals surface area contributed by atoms with Gasteiger partial charge in [0.1, 0.15) is 12.4 Å². The van der Waals surface area contributed by atoms with Crippen LogP contribution < -0.4 is 4.18 Å². The van der Waals surface area contributed by atoms with Gasteiger partial charge in [-0.15, -0.1) is 11.6 Å². The maximum absolute atomic E-state index is 11.0. The second-order valence-corrected chi connectivity index (χ2v) is 14.5. The summed E-state index contributed by atoms with van der Waals surface area (Å²) in [4.78, 5) is 14.3. The molecule has 1 atom stereocenters. The number of aliphatic hydroxyl groups excluding tert-OH is 2. The number of alkyl halides is 1. The van der Waals surface area contributed by atoms with E-state index in [1.165, 1.54) is 0 Å². The van der Waals surface area contributed by atoms with Gasteiger partial charge in [0.15, 0.2) is 0 Å². The minimum absolute atomic E-state index is 0.00152. The summed E-state index contributed by atoms with van der Waals surface area (Å²) in [7, 11) is 6.39. The van der Waals surface area contributed by atoms with Crippen molar-refractivity contribution in [2.24, 2.45) is 0 Å². The molecule has 0 saturated carbocycles. The van der Waals surface area contributed by atoms with Crippen molar-refractivity contribution in [2.75, 3.05) is 219 Å². The fourth-order valence-electron chi connectivity index (χ4n) is 4.07. The van der Waals surface area contributed by atoms with Crippen LogP contribution in [0.5, 0.6) is 5.75 Å². The molecule has 72 heavy (non-hydrogen) atoms. The number of aryl methyl sites for hydroxylation is 1. The van der Waals surface area contributed by atoms with Gasteiger partial charge < -0.3 is 90.0 Å². The van der Waals surface area contributed by atoms with E-state index in [9.17, 15) is 9.00 Å². The summed E-state index contributed by atoms with van der Waals surface area (Å²) >= 11 is 3.62. The molecule has 1 aromatic heterocycles. The van der Waals surface area contributed by atoms with Crippen LogP contribution in [-0.2, 0) is 97.9 Å². The molecule has 0 bridgehead atoms. The van der Waals surface area contributed by atoms with Gasteiger partial charge in [-0.1, -0.05) is 24.3 Å². The Bertz CT molecular complexity index is 1330. The second-order valence-electron chi connectivity index (χ2n) is 13.3. The third-order valence-electron chi connectivity index (χ3n) is 7.56. The highest BCUT2D eigenvalue weighted by Gasteiger charge is 2.02. The van der Waals surface area contributed by atoms with E-state index in [2.05, 4.69) is 30.0 Å². The Hall–Kier alpha value is -2.80. The van der Waals surface area contributed by atoms with E-state index >= 15 is 0 Å². The van der Waals surface area contributed by atoms with Crippen molar-refractivity contribution in [1.29, 1.82) is 0 Å². The van der Waals surface area contributed by atoms with E-state index < -0.39 is 17.3 Å². The number of aromatic nitrogens is 2. The Balaban J connectivity index is -0.000000892. The van der Waals surface area contributed by atoms with E-state index in [1.807, 2.05) is 29.8 Å². The third-order valence-corrected chi connectivity index (χ3v) is 8.41. The lowest BCUT2D eigenvalue weighted by molar-refractivity contribution is -0.138. The Morgan fingerprint density at radius 1 is 0.569 bits per heavy atom. The number of imidazole rings is 1. The Kier molecular flexibility index (Phi) is 67.5. The van der Waals surface area contributed by atoms with Crippen LogP contribution in [0.15, 0.2) is 55.6 Å². The van der Waals surface area contributed by atoms with Crippen LogP contribution in [0.1, 0.15) is 5.56 Å². The van der Waals surface area contributed by atoms with Crippen molar-refractivity contribution in [3.05, 3.63) is 61.2 Å². The highest BCUT2D eigenvalue weighted by Crippen LogP contribution is 2.12. The van der Waals surface area contributed by atoms with Crippen LogP contribution in [-0.4, -0.2) is 249 Å². The molecule has 0 radical (unpaired) electrons. The summed E-state index contributed by atoms with van der Waals surface area (Å²) in [5.41, 5.74) is 1.10. The van der Waals surface area contributed by atoms with E-state index in [4.69, 9.17) is 82.8 Å². The fraction of sp³-hybridized carbons (Fsp3) is 0.745. The molecule has 0 aliphatic heterocycles. The Morgan fingerprint density at radius 3 is 1.28 bits per heavy atom. The number of esters is 1. The van der Waals surface area contributed by atoms with Crippen molar-refractivity contribution in [3.63, 3.8) is 0 Å². The first-order valence-corrected chi connectivity index (χ1v) is 24.9. The normalized spacial score (nSPS) is 10.9. The maximum Gasteiger partial charge on any atom is 0.360 e. The number of methoxy groups -OCH3 is 4. The van der Waals surface area contributed by atoms with Crippen LogP contribution in [0, 0.1) is 6.92 Å². The lowest BCUT2D eigenvalue weighted by Gasteiger charge is -2.08. The first-order valence-electron chi connectivity index (χ1n) is 23.4. The van der Waals surface area contributed by atoms with Gasteiger partial charge in [-0.3, -0.25) is 4.18 Å². The van der Waals surface area contributed by atoms with Gasteiger partial charge in [0.25, 0.3) is 0 Å². The number of hydrogen-bond donors (Lipinski definition) is 2. The monoisotopic (exact) mass is 1080 g/mol. The molecular weight excluding hydrogens is 996 g/mol. The van der Waals surface area contributed by atoms with Crippen LogP contribution >= 0.6 is 11.6 Å². The molecule has 2 N–H and O–H groups in total. The van der Waals surface area contributed by atoms with Gasteiger partial charge >= 0.3 is 17.3 Å². The first-order chi connectivity index (χ1) is 35.3. The third kappa shape index (κ3) is 65.2. The minimum Gasteiger partial charge on any atom is -0.460 e. The molecule has 1 heterocycles. The van der Waals surface area contributed by atoms with Crippen LogP contribution in [0.4, 0.5) is 0 Å². The predicted octanol–water partition coefficient (Wildman–Crippen LogP) is 2.52. The van der Waals surface area contributed by atoms with Crippen molar-refractivity contribution in [1.82, 2.24) is 9.55 Å². The smallest absolute Gasteiger partial charge is 0.360 e. The second kappa shape index (κ2) is 66.2. The molecule has 0 aliphatic carbocycles. The van der Waals surface area contributed by atoms with Crippen molar-refractivity contribution in [3.8, 4) is 5.75 Å². The number of carbonyl (C=O) groups excluding carboxylic acids is 1. The van der Waals surface area contributed by atoms with Crippen molar-refractivity contribution < 1.29 is 98.6 Å². The molecule has 1 unspecified atom stereocenters.